The third-order valence-corrected chi connectivity index (χ3v) is 5.58. The van der Waals surface area contributed by atoms with Crippen LogP contribution in [0.15, 0.2) is 0 Å². The molecular weight excluding hydrogens is 402 g/mol. The molecule has 0 radical (unpaired) electrons. The summed E-state index contributed by atoms with van der Waals surface area (Å²) in [7, 11) is 0. The van der Waals surface area contributed by atoms with Gasteiger partial charge in [-0.1, -0.05) is 34.6 Å². The number of carbonyl (C=O) groups is 5. The van der Waals surface area contributed by atoms with E-state index in [0.717, 1.165) is 0 Å². The van der Waals surface area contributed by atoms with Crippen molar-refractivity contribution in [1.82, 2.24) is 20.9 Å². The van der Waals surface area contributed by atoms with Gasteiger partial charge in [-0.25, -0.2) is 4.79 Å². The number of nitrogens with zero attached hydrogens (tertiary/aromatic N) is 1. The van der Waals surface area contributed by atoms with Crippen molar-refractivity contribution in [2.45, 2.75) is 85.5 Å². The van der Waals surface area contributed by atoms with Gasteiger partial charge in [-0.05, 0) is 38.0 Å². The van der Waals surface area contributed by atoms with Crippen LogP contribution in [0.3, 0.4) is 0 Å². The summed E-state index contributed by atoms with van der Waals surface area (Å²) in [5.41, 5.74) is 4.38. The third kappa shape index (κ3) is 7.22. The molecule has 0 spiro atoms. The molecule has 0 aliphatic carbocycles. The highest BCUT2D eigenvalue weighted by atomic mass is 16.2. The minimum absolute atomic E-state index is 0.0784. The number of ketones is 1. The first kappa shape index (κ1) is 26.4. The largest absolute Gasteiger partial charge is 0.363 e. The first-order valence-corrected chi connectivity index (χ1v) is 10.7. The van der Waals surface area contributed by atoms with Crippen LogP contribution >= 0.6 is 0 Å². The van der Waals surface area contributed by atoms with Gasteiger partial charge in [0.05, 0.1) is 6.04 Å². The first-order valence-electron chi connectivity index (χ1n) is 10.7. The number of carbonyl (C=O) groups excluding carboxylic acids is 5. The van der Waals surface area contributed by atoms with Gasteiger partial charge >= 0.3 is 6.03 Å². The molecule has 0 saturated carbocycles. The van der Waals surface area contributed by atoms with Gasteiger partial charge in [-0.3, -0.25) is 19.2 Å². The fraction of sp³-hybridized carbons (Fsp3) is 0.762. The Morgan fingerprint density at radius 2 is 1.55 bits per heavy atom. The van der Waals surface area contributed by atoms with Gasteiger partial charge < -0.3 is 26.6 Å². The van der Waals surface area contributed by atoms with Crippen LogP contribution in [-0.2, 0) is 19.2 Å². The van der Waals surface area contributed by atoms with Gasteiger partial charge in [-0.2, -0.15) is 0 Å². The van der Waals surface area contributed by atoms with Gasteiger partial charge in [0.25, 0.3) is 5.91 Å². The van der Waals surface area contributed by atoms with Gasteiger partial charge in [0.2, 0.25) is 17.6 Å². The molecule has 1 rings (SSSR count). The van der Waals surface area contributed by atoms with Crippen LogP contribution in [0.5, 0.6) is 0 Å². The molecule has 0 aromatic heterocycles. The highest BCUT2D eigenvalue weighted by Gasteiger charge is 2.42. The van der Waals surface area contributed by atoms with Crippen molar-refractivity contribution in [2.24, 2.45) is 17.1 Å². The van der Waals surface area contributed by atoms with E-state index < -0.39 is 47.2 Å². The maximum absolute atomic E-state index is 13.4. The Morgan fingerprint density at radius 1 is 0.968 bits per heavy atom. The number of Topliss-reactive ketones (excluding diaryl/α,β-unsaturated/α-hetero) is 1. The second kappa shape index (κ2) is 10.6. The zero-order valence-electron chi connectivity index (χ0n) is 19.6. The molecule has 0 aromatic carbocycles. The summed E-state index contributed by atoms with van der Waals surface area (Å²) < 4.78 is 0. The molecule has 4 atom stereocenters. The van der Waals surface area contributed by atoms with Gasteiger partial charge in [-0.15, -0.1) is 0 Å². The van der Waals surface area contributed by atoms with E-state index in [1.807, 2.05) is 41.5 Å². The van der Waals surface area contributed by atoms with E-state index >= 15 is 0 Å². The zero-order valence-corrected chi connectivity index (χ0v) is 19.6. The number of nitrogens with one attached hydrogen (secondary N) is 3. The topological polar surface area (TPSA) is 151 Å². The summed E-state index contributed by atoms with van der Waals surface area (Å²) in [6, 6.07) is -3.26. The second-order valence-electron chi connectivity index (χ2n) is 9.60. The lowest BCUT2D eigenvalue weighted by molar-refractivity contribution is -0.143. The number of urea groups is 1. The Balaban J connectivity index is 2.95. The number of hydrogen-bond acceptors (Lipinski definition) is 5. The van der Waals surface area contributed by atoms with E-state index in [-0.39, 0.29) is 17.9 Å². The molecular formula is C21H37N5O5. The minimum atomic E-state index is -1.13. The molecule has 10 nitrogen and oxygen atoms in total. The Morgan fingerprint density at radius 3 is 2.03 bits per heavy atom. The zero-order chi connectivity index (χ0) is 24.1. The number of nitrogens with two attached hydrogens (primary N) is 1. The van der Waals surface area contributed by atoms with Crippen molar-refractivity contribution < 1.29 is 24.0 Å². The standard InChI is InChI=1S/C21H37N5O5/c1-11(2)12(3)24-20(31)25-16(21(5,6)7)19(30)26-10-8-9-14(26)18(29)23-13(4)15(27)17(22)28/h11-14,16H,8-10H2,1-7H3,(H2,22,28)(H,23,29)(H2,24,25,31)/t12?,13?,14-,16?/m0/s1. The van der Waals surface area contributed by atoms with Crippen LogP contribution < -0.4 is 21.7 Å². The SMILES string of the molecule is CC(NC(=O)[C@@H]1CCCN1C(=O)C(NC(=O)NC(C)C(C)C)C(C)(C)C)C(=O)C(N)=O. The van der Waals surface area contributed by atoms with Crippen LogP contribution in [0.4, 0.5) is 4.79 Å². The van der Waals surface area contributed by atoms with Gasteiger partial charge in [0.15, 0.2) is 0 Å². The molecule has 1 aliphatic rings. The third-order valence-electron chi connectivity index (χ3n) is 5.58. The molecule has 1 aliphatic heterocycles. The maximum atomic E-state index is 13.4. The molecule has 176 valence electrons. The molecule has 1 saturated heterocycles. The van der Waals surface area contributed by atoms with Crippen LogP contribution in [0, 0.1) is 11.3 Å². The molecule has 1 heterocycles. The van der Waals surface area contributed by atoms with Crippen LogP contribution in [0.25, 0.3) is 0 Å². The molecule has 1 fully saturated rings. The number of hydrogen-bond donors (Lipinski definition) is 4. The van der Waals surface area contributed by atoms with Crippen molar-refractivity contribution in [2.75, 3.05) is 6.54 Å². The predicted molar refractivity (Wildman–Crippen MR) is 116 cm³/mol. The van der Waals surface area contributed by atoms with Crippen molar-refractivity contribution >= 4 is 29.5 Å². The average Bonchev–Trinajstić information content (AvgIpc) is 3.13. The van der Waals surface area contributed by atoms with E-state index in [2.05, 4.69) is 16.0 Å². The maximum Gasteiger partial charge on any atom is 0.315 e. The van der Waals surface area contributed by atoms with Gasteiger partial charge in [0.1, 0.15) is 12.1 Å². The smallest absolute Gasteiger partial charge is 0.315 e. The van der Waals surface area contributed by atoms with E-state index in [1.54, 1.807) is 0 Å². The molecule has 5 amide bonds. The fourth-order valence-electron chi connectivity index (χ4n) is 3.25. The molecule has 5 N–H and O–H groups in total. The lowest BCUT2D eigenvalue weighted by Gasteiger charge is -2.36. The molecule has 0 bridgehead atoms. The summed E-state index contributed by atoms with van der Waals surface area (Å²) in [5, 5.41) is 8.06. The normalized spacial score (nSPS) is 19.4. The summed E-state index contributed by atoms with van der Waals surface area (Å²) in [4.78, 5) is 62.7. The highest BCUT2D eigenvalue weighted by Crippen LogP contribution is 2.26. The van der Waals surface area contributed by atoms with E-state index in [1.165, 1.54) is 11.8 Å². The van der Waals surface area contributed by atoms with Crippen molar-refractivity contribution in [1.29, 1.82) is 0 Å². The second-order valence-corrected chi connectivity index (χ2v) is 9.60. The lowest BCUT2D eigenvalue weighted by atomic mass is 9.85. The van der Waals surface area contributed by atoms with Crippen molar-refractivity contribution in [3.8, 4) is 0 Å². The minimum Gasteiger partial charge on any atom is -0.363 e. The Bertz CT molecular complexity index is 715. The highest BCUT2D eigenvalue weighted by molar-refractivity contribution is 6.37. The quantitative estimate of drug-likeness (QED) is 0.401. The number of likely N-dealkylation sites (tertiary alicyclic amines) is 1. The van der Waals surface area contributed by atoms with Crippen LogP contribution in [0.1, 0.15) is 61.3 Å². The molecule has 0 aromatic rings. The predicted octanol–water partition coefficient (Wildman–Crippen LogP) is 0.295. The Hall–Kier alpha value is -2.65. The fourth-order valence-corrected chi connectivity index (χ4v) is 3.25. The summed E-state index contributed by atoms with van der Waals surface area (Å²) in [6.07, 6.45) is 1.03. The average molecular weight is 440 g/mol. The number of amides is 5. The summed E-state index contributed by atoms with van der Waals surface area (Å²) in [5.74, 6) is -2.71. The van der Waals surface area contributed by atoms with Crippen LogP contribution in [0.2, 0.25) is 0 Å². The summed E-state index contributed by atoms with van der Waals surface area (Å²) >= 11 is 0. The number of primary amides is 1. The molecule has 31 heavy (non-hydrogen) atoms. The lowest BCUT2D eigenvalue weighted by Crippen LogP contribution is -2.60. The molecule has 10 heteroatoms. The number of rotatable bonds is 8. The molecule has 3 unspecified atom stereocenters. The monoisotopic (exact) mass is 439 g/mol. The van der Waals surface area contributed by atoms with E-state index in [4.69, 9.17) is 5.73 Å². The van der Waals surface area contributed by atoms with Crippen LogP contribution in [-0.4, -0.2) is 65.1 Å². The van der Waals surface area contributed by atoms with Crippen molar-refractivity contribution in [3.63, 3.8) is 0 Å². The van der Waals surface area contributed by atoms with Gasteiger partial charge in [0, 0.05) is 12.6 Å². The van der Waals surface area contributed by atoms with E-state index in [0.29, 0.717) is 19.4 Å². The summed E-state index contributed by atoms with van der Waals surface area (Å²) in [6.45, 7) is 13.1. The van der Waals surface area contributed by atoms with Crippen molar-refractivity contribution in [3.05, 3.63) is 0 Å². The van der Waals surface area contributed by atoms with E-state index in [9.17, 15) is 24.0 Å². The Labute approximate surface area is 184 Å². The Kier molecular flexibility index (Phi) is 9.01. The first-order chi connectivity index (χ1) is 14.2.